The van der Waals surface area contributed by atoms with E-state index in [2.05, 4.69) is 10.1 Å². The van der Waals surface area contributed by atoms with Gasteiger partial charge in [0.15, 0.2) is 0 Å². The summed E-state index contributed by atoms with van der Waals surface area (Å²) in [7, 11) is 0. The van der Waals surface area contributed by atoms with Gasteiger partial charge in [0.2, 0.25) is 11.7 Å². The summed E-state index contributed by atoms with van der Waals surface area (Å²) in [5.74, 6) is -1.86. The summed E-state index contributed by atoms with van der Waals surface area (Å²) in [6.45, 7) is 5.13. The lowest BCUT2D eigenvalue weighted by atomic mass is 10.1. The van der Waals surface area contributed by atoms with Crippen LogP contribution in [0.3, 0.4) is 0 Å². The van der Waals surface area contributed by atoms with Gasteiger partial charge in [0.1, 0.15) is 12.1 Å². The number of nitrogens with zero attached hydrogens (tertiary/aromatic N) is 2. The van der Waals surface area contributed by atoms with Gasteiger partial charge in [-0.3, -0.25) is 9.59 Å². The fraction of sp³-hybridized carbons (Fsp3) is 0.714. The minimum atomic E-state index is -1.21. The lowest BCUT2D eigenvalue weighted by Crippen LogP contribution is -2.46. The topological polar surface area (TPSA) is 129 Å². The molecule has 0 radical (unpaired) electrons. The van der Waals surface area contributed by atoms with Crippen molar-refractivity contribution in [3.63, 3.8) is 0 Å². The Kier molecular flexibility index (Phi) is 9.65. The first kappa shape index (κ1) is 19.9. The Balaban J connectivity index is 4.77. The van der Waals surface area contributed by atoms with Crippen molar-refractivity contribution in [1.29, 1.82) is 0 Å². The third kappa shape index (κ3) is 8.28. The Hall–Kier alpha value is -2.05. The molecule has 8 nitrogen and oxygen atoms in total. The minimum absolute atomic E-state index is 0.0129. The molecule has 0 unspecified atom stereocenters. The van der Waals surface area contributed by atoms with Gasteiger partial charge in [0.05, 0.1) is 6.10 Å². The smallest absolute Gasteiger partial charge is 0.328 e. The summed E-state index contributed by atoms with van der Waals surface area (Å²) in [4.78, 5) is 37.6. The second-order valence-electron chi connectivity index (χ2n) is 5.10. The number of aliphatic hydroxyl groups excluding tert-OH is 1. The Labute approximate surface area is 129 Å². The van der Waals surface area contributed by atoms with Crippen LogP contribution in [-0.4, -0.2) is 52.0 Å². The van der Waals surface area contributed by atoms with Crippen LogP contribution in [-0.2, 0) is 19.1 Å². The van der Waals surface area contributed by atoms with Crippen molar-refractivity contribution in [2.24, 2.45) is 0 Å². The molecule has 1 amide bonds. The van der Waals surface area contributed by atoms with Crippen LogP contribution < -0.4 is 5.32 Å². The maximum absolute atomic E-state index is 11.9. The highest BCUT2D eigenvalue weighted by Crippen LogP contribution is 2.05. The number of ketones is 1. The molecule has 2 atom stereocenters. The van der Waals surface area contributed by atoms with Crippen LogP contribution in [0.1, 0.15) is 46.5 Å². The summed E-state index contributed by atoms with van der Waals surface area (Å²) >= 11 is 0. The summed E-state index contributed by atoms with van der Waals surface area (Å²) < 4.78 is 5.02. The van der Waals surface area contributed by atoms with Crippen LogP contribution in [0.4, 0.5) is 0 Å². The third-order valence-corrected chi connectivity index (χ3v) is 2.70. The quantitative estimate of drug-likeness (QED) is 0.258. The first-order chi connectivity index (χ1) is 10.3. The van der Waals surface area contributed by atoms with Crippen molar-refractivity contribution in [1.82, 2.24) is 5.32 Å². The molecule has 124 valence electrons. The summed E-state index contributed by atoms with van der Waals surface area (Å²) in [6, 6.07) is -1.04. The van der Waals surface area contributed by atoms with Crippen LogP contribution in [0.25, 0.3) is 5.53 Å². The number of carbonyl (C=O) groups is 3. The summed E-state index contributed by atoms with van der Waals surface area (Å²) in [5, 5.41) is 12.0. The van der Waals surface area contributed by atoms with Gasteiger partial charge in [-0.15, -0.1) is 0 Å². The van der Waals surface area contributed by atoms with Crippen LogP contribution in [0.2, 0.25) is 0 Å². The zero-order valence-electron chi connectivity index (χ0n) is 13.1. The van der Waals surface area contributed by atoms with E-state index in [1.165, 1.54) is 0 Å². The van der Waals surface area contributed by atoms with Gasteiger partial charge in [0.25, 0.3) is 0 Å². The number of Topliss-reactive ketones (excluding diaryl/α,β-unsaturated/α-hetero) is 1. The largest absolute Gasteiger partial charge is 0.461 e. The van der Waals surface area contributed by atoms with E-state index >= 15 is 0 Å². The molecule has 0 saturated carbocycles. The van der Waals surface area contributed by atoms with E-state index in [0.29, 0.717) is 6.42 Å². The summed E-state index contributed by atoms with van der Waals surface area (Å²) in [6.07, 6.45) is -0.100. The van der Waals surface area contributed by atoms with Crippen LogP contribution in [0.5, 0.6) is 0 Å². The predicted molar refractivity (Wildman–Crippen MR) is 78.0 cm³/mol. The van der Waals surface area contributed by atoms with E-state index < -0.39 is 29.8 Å². The Bertz CT molecular complexity index is 444. The lowest BCUT2D eigenvalue weighted by Gasteiger charge is -2.20. The van der Waals surface area contributed by atoms with E-state index in [9.17, 15) is 19.5 Å². The summed E-state index contributed by atoms with van der Waals surface area (Å²) in [5.41, 5.74) is 8.26. The maximum Gasteiger partial charge on any atom is 0.328 e. The molecule has 0 rings (SSSR count). The van der Waals surface area contributed by atoms with Gasteiger partial charge in [-0.1, -0.05) is 13.3 Å². The molecule has 0 aliphatic heterocycles. The molecule has 0 spiro atoms. The Morgan fingerprint density at radius 1 is 1.32 bits per heavy atom. The minimum Gasteiger partial charge on any atom is -0.461 e. The highest BCUT2D eigenvalue weighted by Gasteiger charge is 2.26. The number of carbonyl (C=O) groups excluding carboxylic acids is 3. The number of ether oxygens (including phenoxy) is 1. The Morgan fingerprint density at radius 3 is 2.45 bits per heavy atom. The molecule has 8 heteroatoms. The van der Waals surface area contributed by atoms with Gasteiger partial charge < -0.3 is 20.7 Å². The monoisotopic (exact) mass is 313 g/mol. The van der Waals surface area contributed by atoms with Gasteiger partial charge in [0, 0.05) is 6.42 Å². The van der Waals surface area contributed by atoms with Gasteiger partial charge in [-0.2, -0.15) is 4.79 Å². The van der Waals surface area contributed by atoms with E-state index in [-0.39, 0.29) is 25.4 Å². The number of nitrogens with one attached hydrogen (secondary N) is 1. The SMILES string of the molecule is CCC[C@H](O)C(=O)N[C@@H](CCC(=O)C=[N+]=[N-])C(=O)OC(C)C. The number of hydrogen-bond donors (Lipinski definition) is 2. The molecule has 22 heavy (non-hydrogen) atoms. The molecular weight excluding hydrogens is 290 g/mol. The standard InChI is InChI=1S/C14H23N3O5/c1-4-5-12(19)13(20)17-11(14(21)22-9(2)3)7-6-10(18)8-16-15/h8-9,11-12,19H,4-7H2,1-3H3,(H,17,20)/t11-,12-/m0/s1. The fourth-order valence-corrected chi connectivity index (χ4v) is 1.65. The average Bonchev–Trinajstić information content (AvgIpc) is 2.42. The van der Waals surface area contributed by atoms with Crippen LogP contribution >= 0.6 is 0 Å². The van der Waals surface area contributed by atoms with Crippen molar-refractivity contribution in [2.75, 3.05) is 0 Å². The number of hydrogen-bond acceptors (Lipinski definition) is 5. The zero-order chi connectivity index (χ0) is 17.1. The highest BCUT2D eigenvalue weighted by atomic mass is 16.5. The van der Waals surface area contributed by atoms with E-state index in [0.717, 1.165) is 6.21 Å². The van der Waals surface area contributed by atoms with Crippen molar-refractivity contribution in [2.45, 2.75) is 64.7 Å². The number of amides is 1. The molecule has 2 N–H and O–H groups in total. The first-order valence-electron chi connectivity index (χ1n) is 7.21. The molecule has 0 bridgehead atoms. The number of aliphatic hydroxyl groups is 1. The molecule has 0 aromatic rings. The van der Waals surface area contributed by atoms with Crippen LogP contribution in [0, 0.1) is 0 Å². The van der Waals surface area contributed by atoms with E-state index in [1.54, 1.807) is 13.8 Å². The second-order valence-corrected chi connectivity index (χ2v) is 5.10. The zero-order valence-corrected chi connectivity index (χ0v) is 13.1. The molecule has 0 aliphatic carbocycles. The van der Waals surface area contributed by atoms with Gasteiger partial charge in [-0.25, -0.2) is 4.79 Å². The van der Waals surface area contributed by atoms with Crippen molar-refractivity contribution in [3.8, 4) is 0 Å². The molecule has 0 heterocycles. The third-order valence-electron chi connectivity index (χ3n) is 2.70. The first-order valence-corrected chi connectivity index (χ1v) is 7.21. The molecule has 0 aromatic heterocycles. The normalized spacial score (nSPS) is 13.0. The predicted octanol–water partition coefficient (Wildman–Crippen LogP) is 0.234. The number of rotatable bonds is 10. The molecular formula is C14H23N3O5. The van der Waals surface area contributed by atoms with E-state index in [4.69, 9.17) is 10.3 Å². The average molecular weight is 313 g/mol. The number of esters is 1. The van der Waals surface area contributed by atoms with E-state index in [1.807, 2.05) is 6.92 Å². The highest BCUT2D eigenvalue weighted by molar-refractivity contribution is 6.25. The molecule has 0 aliphatic rings. The lowest BCUT2D eigenvalue weighted by molar-refractivity contribution is -0.152. The van der Waals surface area contributed by atoms with Crippen molar-refractivity contribution in [3.05, 3.63) is 5.53 Å². The Morgan fingerprint density at radius 2 is 1.95 bits per heavy atom. The molecule has 0 fully saturated rings. The van der Waals surface area contributed by atoms with Crippen LogP contribution in [0.15, 0.2) is 0 Å². The fourth-order valence-electron chi connectivity index (χ4n) is 1.65. The van der Waals surface area contributed by atoms with Crippen molar-refractivity contribution < 1.29 is 29.0 Å². The van der Waals surface area contributed by atoms with Crippen molar-refractivity contribution >= 4 is 23.9 Å². The van der Waals surface area contributed by atoms with Gasteiger partial charge >= 0.3 is 12.2 Å². The molecule has 0 saturated heterocycles. The van der Waals surface area contributed by atoms with Gasteiger partial charge in [-0.05, 0) is 26.7 Å². The maximum atomic E-state index is 11.9. The molecule has 0 aromatic carbocycles. The second kappa shape index (κ2) is 10.6.